The fourth-order valence-electron chi connectivity index (χ4n) is 1.17. The molecule has 1 rings (SSSR count). The van der Waals surface area contributed by atoms with Crippen LogP contribution in [0.3, 0.4) is 0 Å². The van der Waals surface area contributed by atoms with E-state index < -0.39 is 32.7 Å². The normalized spacial score (nSPS) is 12.5. The number of halogens is 4. The molecule has 0 saturated carbocycles. The van der Waals surface area contributed by atoms with Crippen molar-refractivity contribution >= 4 is 39.1 Å². The molecule has 1 aromatic rings. The van der Waals surface area contributed by atoms with Crippen LogP contribution in [0.25, 0.3) is 0 Å². The molecule has 0 aliphatic carbocycles. The maximum Gasteiger partial charge on any atom is 0.418 e. The van der Waals surface area contributed by atoms with E-state index in [1.807, 2.05) is 0 Å². The third kappa shape index (κ3) is 3.96. The molecule has 0 heterocycles. The van der Waals surface area contributed by atoms with Crippen molar-refractivity contribution in [2.75, 3.05) is 16.2 Å². The van der Waals surface area contributed by atoms with Crippen LogP contribution in [-0.4, -0.2) is 19.9 Å². The minimum atomic E-state index is -4.64. The topological polar surface area (TPSA) is 46.2 Å². The second kappa shape index (κ2) is 5.58. The summed E-state index contributed by atoms with van der Waals surface area (Å²) in [5, 5.41) is -0.811. The van der Waals surface area contributed by atoms with Crippen molar-refractivity contribution in [2.45, 2.75) is 11.1 Å². The Kier molecular flexibility index (Phi) is 4.79. The van der Waals surface area contributed by atoms with E-state index in [0.29, 0.717) is 4.90 Å². The van der Waals surface area contributed by atoms with Gasteiger partial charge in [0.15, 0.2) is 0 Å². The van der Waals surface area contributed by atoms with Crippen molar-refractivity contribution in [3.63, 3.8) is 0 Å². The molecule has 0 spiro atoms. The summed E-state index contributed by atoms with van der Waals surface area (Å²) in [4.78, 5) is 0.385. The van der Waals surface area contributed by atoms with E-state index in [1.54, 1.807) is 11.0 Å². The fourth-order valence-corrected chi connectivity index (χ4v) is 2.34. The highest BCUT2D eigenvalue weighted by molar-refractivity contribution is 7.98. The molecule has 0 saturated heterocycles. The zero-order valence-electron chi connectivity index (χ0n) is 9.08. The van der Waals surface area contributed by atoms with Crippen molar-refractivity contribution in [1.29, 1.82) is 0 Å². The van der Waals surface area contributed by atoms with Gasteiger partial charge in [-0.25, -0.2) is 8.42 Å². The average Bonchev–Trinajstić information content (AvgIpc) is 2.27. The highest BCUT2D eigenvalue weighted by Crippen LogP contribution is 2.37. The van der Waals surface area contributed by atoms with E-state index in [4.69, 9.17) is 11.6 Å². The van der Waals surface area contributed by atoms with Crippen LogP contribution in [-0.2, 0) is 16.2 Å². The first-order valence-electron chi connectivity index (χ1n) is 4.51. The van der Waals surface area contributed by atoms with Gasteiger partial charge in [0.2, 0.25) is 10.0 Å². The predicted molar refractivity (Wildman–Crippen MR) is 66.5 cm³/mol. The van der Waals surface area contributed by atoms with Gasteiger partial charge in [-0.3, -0.25) is 4.72 Å². The molecule has 18 heavy (non-hydrogen) atoms. The van der Waals surface area contributed by atoms with Crippen LogP contribution < -0.4 is 4.72 Å². The lowest BCUT2D eigenvalue weighted by atomic mass is 10.2. The minimum absolute atomic E-state index is 0.385. The number of alkyl halides is 4. The molecule has 0 unspecified atom stereocenters. The molecule has 0 aliphatic rings. The van der Waals surface area contributed by atoms with Gasteiger partial charge in [0.1, 0.15) is 5.21 Å². The summed E-state index contributed by atoms with van der Waals surface area (Å²) in [5.74, 6) is 0. The molecule has 1 N–H and O–H groups in total. The molecule has 0 fully saturated rings. The van der Waals surface area contributed by atoms with Gasteiger partial charge < -0.3 is 0 Å². The second-order valence-corrected chi connectivity index (χ2v) is 6.42. The maximum atomic E-state index is 12.8. The van der Waals surface area contributed by atoms with Crippen LogP contribution in [0.1, 0.15) is 5.56 Å². The van der Waals surface area contributed by atoms with Gasteiger partial charge >= 0.3 is 6.18 Å². The second-order valence-electron chi connectivity index (χ2n) is 3.24. The van der Waals surface area contributed by atoms with Crippen LogP contribution in [0.5, 0.6) is 0 Å². The van der Waals surface area contributed by atoms with Gasteiger partial charge in [0, 0.05) is 4.90 Å². The number of rotatable bonds is 4. The Bertz CT molecular complexity index is 531. The van der Waals surface area contributed by atoms with Gasteiger partial charge in [-0.2, -0.15) is 13.2 Å². The molecule has 0 atom stereocenters. The summed E-state index contributed by atoms with van der Waals surface area (Å²) in [6.45, 7) is 0. The van der Waals surface area contributed by atoms with E-state index in [9.17, 15) is 21.6 Å². The van der Waals surface area contributed by atoms with Crippen LogP contribution in [0.4, 0.5) is 18.9 Å². The number of anilines is 1. The average molecular weight is 320 g/mol. The standard InChI is InChI=1S/C9H9ClF3NO2S2/c1-17-6-2-3-8(14-18(15,16)5-10)7(4-6)9(11,12)13/h2-4,14H,5H2,1H3. The summed E-state index contributed by atoms with van der Waals surface area (Å²) in [5.41, 5.74) is -1.57. The van der Waals surface area contributed by atoms with Gasteiger partial charge in [0.25, 0.3) is 0 Å². The lowest BCUT2D eigenvalue weighted by Crippen LogP contribution is -2.17. The molecule has 0 aliphatic heterocycles. The zero-order chi connectivity index (χ0) is 14.0. The summed E-state index contributed by atoms with van der Waals surface area (Å²) in [6, 6.07) is 3.35. The number of benzene rings is 1. The smallest absolute Gasteiger partial charge is 0.282 e. The predicted octanol–water partition coefficient (Wildman–Crippen LogP) is 3.37. The summed E-state index contributed by atoms with van der Waals surface area (Å²) >= 11 is 6.26. The Hall–Kier alpha value is -0.600. The number of sulfonamides is 1. The molecule has 9 heteroatoms. The first-order chi connectivity index (χ1) is 8.19. The highest BCUT2D eigenvalue weighted by atomic mass is 35.5. The number of hydrogen-bond donors (Lipinski definition) is 1. The van der Waals surface area contributed by atoms with E-state index in [0.717, 1.165) is 23.9 Å². The van der Waals surface area contributed by atoms with Crippen LogP contribution >= 0.6 is 23.4 Å². The molecule has 102 valence electrons. The highest BCUT2D eigenvalue weighted by Gasteiger charge is 2.34. The number of hydrogen-bond acceptors (Lipinski definition) is 3. The van der Waals surface area contributed by atoms with Gasteiger partial charge in [-0.15, -0.1) is 23.4 Å². The van der Waals surface area contributed by atoms with Crippen molar-refractivity contribution in [1.82, 2.24) is 0 Å². The maximum absolute atomic E-state index is 12.8. The Labute approximate surface area is 112 Å². The summed E-state index contributed by atoms with van der Waals surface area (Å²) in [7, 11) is -3.97. The van der Waals surface area contributed by atoms with E-state index in [2.05, 4.69) is 0 Å². The van der Waals surface area contributed by atoms with E-state index >= 15 is 0 Å². The Morgan fingerprint density at radius 3 is 2.44 bits per heavy atom. The first kappa shape index (κ1) is 15.5. The molecule has 0 aromatic heterocycles. The number of thioether (sulfide) groups is 1. The largest absolute Gasteiger partial charge is 0.418 e. The molecule has 3 nitrogen and oxygen atoms in total. The molecular formula is C9H9ClF3NO2S2. The SMILES string of the molecule is CSc1ccc(NS(=O)(=O)CCl)c(C(F)(F)F)c1. The monoisotopic (exact) mass is 319 g/mol. The molecule has 1 aromatic carbocycles. The lowest BCUT2D eigenvalue weighted by molar-refractivity contribution is -0.137. The fraction of sp³-hybridized carbons (Fsp3) is 0.333. The third-order valence-corrected chi connectivity index (χ3v) is 4.35. The van der Waals surface area contributed by atoms with Crippen molar-refractivity contribution < 1.29 is 21.6 Å². The number of nitrogens with one attached hydrogen (secondary N) is 1. The summed E-state index contributed by atoms with van der Waals surface area (Å²) < 4.78 is 62.5. The first-order valence-corrected chi connectivity index (χ1v) is 7.92. The molecule has 0 radical (unpaired) electrons. The molecule has 0 bridgehead atoms. The minimum Gasteiger partial charge on any atom is -0.282 e. The third-order valence-electron chi connectivity index (χ3n) is 1.94. The van der Waals surface area contributed by atoms with Gasteiger partial charge in [-0.1, -0.05) is 0 Å². The molecular weight excluding hydrogens is 311 g/mol. The van der Waals surface area contributed by atoms with Crippen molar-refractivity contribution in [2.24, 2.45) is 0 Å². The van der Waals surface area contributed by atoms with Crippen LogP contribution in [0.15, 0.2) is 23.1 Å². The van der Waals surface area contributed by atoms with Crippen molar-refractivity contribution in [3.05, 3.63) is 23.8 Å². The quantitative estimate of drug-likeness (QED) is 0.683. The summed E-state index contributed by atoms with van der Waals surface area (Å²) in [6.07, 6.45) is -3.02. The van der Waals surface area contributed by atoms with Gasteiger partial charge in [-0.05, 0) is 24.5 Å². The Balaban J connectivity index is 3.28. The van der Waals surface area contributed by atoms with E-state index in [1.165, 1.54) is 6.07 Å². The Morgan fingerprint density at radius 2 is 2.00 bits per heavy atom. The van der Waals surface area contributed by atoms with E-state index in [-0.39, 0.29) is 0 Å². The lowest BCUT2D eigenvalue weighted by Gasteiger charge is -2.15. The van der Waals surface area contributed by atoms with Crippen LogP contribution in [0, 0.1) is 0 Å². The van der Waals surface area contributed by atoms with Gasteiger partial charge in [0.05, 0.1) is 11.3 Å². The Morgan fingerprint density at radius 1 is 1.39 bits per heavy atom. The zero-order valence-corrected chi connectivity index (χ0v) is 11.5. The van der Waals surface area contributed by atoms with Crippen molar-refractivity contribution in [3.8, 4) is 0 Å². The molecule has 0 amide bonds. The van der Waals surface area contributed by atoms with Crippen LogP contribution in [0.2, 0.25) is 0 Å².